The predicted molar refractivity (Wildman–Crippen MR) is 127 cm³/mol. The molecule has 6 nitrogen and oxygen atoms in total. The maximum Gasteiger partial charge on any atom is 0.240 e. The Morgan fingerprint density at radius 1 is 1.00 bits per heavy atom. The van der Waals surface area contributed by atoms with Crippen molar-refractivity contribution < 1.29 is 13.2 Å². The van der Waals surface area contributed by atoms with Crippen LogP contribution in [0.25, 0.3) is 0 Å². The fourth-order valence-corrected chi connectivity index (χ4v) is 4.65. The van der Waals surface area contributed by atoms with Gasteiger partial charge in [0.15, 0.2) is 0 Å². The summed E-state index contributed by atoms with van der Waals surface area (Å²) < 4.78 is 33.3. The van der Waals surface area contributed by atoms with Gasteiger partial charge in [-0.3, -0.25) is 4.90 Å². The van der Waals surface area contributed by atoms with Crippen LogP contribution in [0.1, 0.15) is 20.3 Å². The van der Waals surface area contributed by atoms with Crippen molar-refractivity contribution in [3.8, 4) is 5.75 Å². The van der Waals surface area contributed by atoms with E-state index in [0.29, 0.717) is 24.8 Å². The van der Waals surface area contributed by atoms with Crippen LogP contribution in [-0.4, -0.2) is 59.2 Å². The molecule has 170 valence electrons. The molecular weight excluding hydrogens is 434 g/mol. The van der Waals surface area contributed by atoms with Gasteiger partial charge >= 0.3 is 0 Å². The Morgan fingerprint density at radius 2 is 1.65 bits per heavy atom. The molecule has 0 spiro atoms. The molecule has 0 amide bonds. The summed E-state index contributed by atoms with van der Waals surface area (Å²) in [5, 5.41) is 0.750. The predicted octanol–water partition coefficient (Wildman–Crippen LogP) is 3.87. The molecule has 1 aliphatic rings. The van der Waals surface area contributed by atoms with E-state index in [1.165, 1.54) is 5.69 Å². The maximum atomic E-state index is 12.5. The number of benzene rings is 2. The number of halogens is 1. The molecular formula is C23H32ClN3O3S. The third kappa shape index (κ3) is 7.38. The van der Waals surface area contributed by atoms with Crippen molar-refractivity contribution >= 4 is 27.3 Å². The highest BCUT2D eigenvalue weighted by Crippen LogP contribution is 2.20. The molecule has 3 rings (SSSR count). The van der Waals surface area contributed by atoms with E-state index in [2.05, 4.69) is 40.5 Å². The highest BCUT2D eigenvalue weighted by molar-refractivity contribution is 7.89. The third-order valence-corrected chi connectivity index (χ3v) is 6.95. The Labute approximate surface area is 191 Å². The molecule has 0 aromatic heterocycles. The number of nitrogens with one attached hydrogen (secondary N) is 1. The number of hydrogen-bond acceptors (Lipinski definition) is 5. The van der Waals surface area contributed by atoms with Crippen LogP contribution in [0.3, 0.4) is 0 Å². The first-order valence-corrected chi connectivity index (χ1v) is 12.6. The van der Waals surface area contributed by atoms with Crippen LogP contribution in [0, 0.1) is 5.92 Å². The normalized spacial score (nSPS) is 15.4. The quantitative estimate of drug-likeness (QED) is 0.540. The van der Waals surface area contributed by atoms with Crippen LogP contribution in [0.2, 0.25) is 5.02 Å². The fraction of sp³-hybridized carbons (Fsp3) is 0.478. The maximum absolute atomic E-state index is 12.5. The van der Waals surface area contributed by atoms with Crippen LogP contribution >= 0.6 is 11.6 Å². The number of ether oxygens (including phenoxy) is 1. The van der Waals surface area contributed by atoms with Gasteiger partial charge in [0.25, 0.3) is 0 Å². The Balaban J connectivity index is 1.38. The lowest BCUT2D eigenvalue weighted by Crippen LogP contribution is -2.47. The van der Waals surface area contributed by atoms with Gasteiger partial charge < -0.3 is 9.64 Å². The minimum Gasteiger partial charge on any atom is -0.493 e. The van der Waals surface area contributed by atoms with Crippen molar-refractivity contribution in [1.29, 1.82) is 0 Å². The number of sulfonamides is 1. The summed E-state index contributed by atoms with van der Waals surface area (Å²) in [7, 11) is -3.50. The van der Waals surface area contributed by atoms with Gasteiger partial charge in [0.05, 0.1) is 11.5 Å². The largest absolute Gasteiger partial charge is 0.493 e. The van der Waals surface area contributed by atoms with E-state index >= 15 is 0 Å². The molecule has 31 heavy (non-hydrogen) atoms. The van der Waals surface area contributed by atoms with E-state index in [0.717, 1.165) is 44.2 Å². The second-order valence-electron chi connectivity index (χ2n) is 8.23. The van der Waals surface area contributed by atoms with Gasteiger partial charge in [-0.2, -0.15) is 0 Å². The van der Waals surface area contributed by atoms with Crippen LogP contribution in [0.4, 0.5) is 5.69 Å². The Bertz CT molecular complexity index is 910. The van der Waals surface area contributed by atoms with Crippen molar-refractivity contribution in [2.24, 2.45) is 5.92 Å². The van der Waals surface area contributed by atoms with Gasteiger partial charge in [-0.05, 0) is 67.4 Å². The molecule has 0 saturated carbocycles. The molecule has 1 fully saturated rings. The average Bonchev–Trinajstić information content (AvgIpc) is 2.77. The van der Waals surface area contributed by atoms with Crippen molar-refractivity contribution in [2.45, 2.75) is 25.2 Å². The lowest BCUT2D eigenvalue weighted by atomic mass is 10.2. The molecule has 1 saturated heterocycles. The second-order valence-corrected chi connectivity index (χ2v) is 10.4. The molecule has 1 N–H and O–H groups in total. The molecule has 0 bridgehead atoms. The zero-order valence-electron chi connectivity index (χ0n) is 18.3. The van der Waals surface area contributed by atoms with Crippen LogP contribution in [0.5, 0.6) is 5.75 Å². The minimum absolute atomic E-state index is 0.265. The lowest BCUT2D eigenvalue weighted by Gasteiger charge is -2.36. The zero-order valence-corrected chi connectivity index (χ0v) is 19.8. The molecule has 1 aliphatic heterocycles. The first-order chi connectivity index (χ1) is 14.8. The SMILES string of the molecule is CC(C)COc1ccc(S(=O)(=O)NCCCN2CCN(c3ccc(Cl)cc3)CC2)cc1. The van der Waals surface area contributed by atoms with Gasteiger partial charge in [0.1, 0.15) is 5.75 Å². The topological polar surface area (TPSA) is 61.9 Å². The second kappa shape index (κ2) is 11.2. The molecule has 8 heteroatoms. The molecule has 2 aromatic carbocycles. The average molecular weight is 466 g/mol. The molecule has 0 atom stereocenters. The number of rotatable bonds is 10. The van der Waals surface area contributed by atoms with E-state index in [4.69, 9.17) is 16.3 Å². The molecule has 1 heterocycles. The summed E-state index contributed by atoms with van der Waals surface area (Å²) in [4.78, 5) is 4.99. The van der Waals surface area contributed by atoms with Gasteiger partial charge in [-0.15, -0.1) is 0 Å². The van der Waals surface area contributed by atoms with E-state index in [-0.39, 0.29) is 4.90 Å². The fourth-order valence-electron chi connectivity index (χ4n) is 3.45. The summed E-state index contributed by atoms with van der Waals surface area (Å²) in [6.07, 6.45) is 0.774. The Hall–Kier alpha value is -1.80. The minimum atomic E-state index is -3.50. The van der Waals surface area contributed by atoms with E-state index in [9.17, 15) is 8.42 Å². The van der Waals surface area contributed by atoms with Gasteiger partial charge in [-0.1, -0.05) is 25.4 Å². The van der Waals surface area contributed by atoms with Crippen molar-refractivity contribution in [3.05, 3.63) is 53.6 Å². The summed E-state index contributed by atoms with van der Waals surface area (Å²) in [6, 6.07) is 14.5. The highest BCUT2D eigenvalue weighted by Gasteiger charge is 2.18. The smallest absolute Gasteiger partial charge is 0.240 e. The van der Waals surface area contributed by atoms with Crippen molar-refractivity contribution in [2.75, 3.05) is 50.8 Å². The molecule has 2 aromatic rings. The van der Waals surface area contributed by atoms with Crippen molar-refractivity contribution in [1.82, 2.24) is 9.62 Å². The summed E-state index contributed by atoms with van der Waals surface area (Å²) in [5.41, 5.74) is 1.19. The summed E-state index contributed by atoms with van der Waals surface area (Å²) >= 11 is 5.96. The molecule has 0 unspecified atom stereocenters. The number of anilines is 1. The highest BCUT2D eigenvalue weighted by atomic mass is 35.5. The third-order valence-electron chi connectivity index (χ3n) is 5.22. The van der Waals surface area contributed by atoms with E-state index < -0.39 is 10.0 Å². The zero-order chi connectivity index (χ0) is 22.3. The van der Waals surface area contributed by atoms with E-state index in [1.54, 1.807) is 24.3 Å². The van der Waals surface area contributed by atoms with Gasteiger partial charge in [0.2, 0.25) is 10.0 Å². The first-order valence-electron chi connectivity index (χ1n) is 10.8. The lowest BCUT2D eigenvalue weighted by molar-refractivity contribution is 0.255. The van der Waals surface area contributed by atoms with Crippen LogP contribution in [-0.2, 0) is 10.0 Å². The summed E-state index contributed by atoms with van der Waals surface area (Å²) in [5.74, 6) is 1.11. The van der Waals surface area contributed by atoms with Gasteiger partial charge in [0, 0.05) is 43.4 Å². The van der Waals surface area contributed by atoms with Crippen molar-refractivity contribution in [3.63, 3.8) is 0 Å². The summed E-state index contributed by atoms with van der Waals surface area (Å²) in [6.45, 7) is 9.89. The molecule has 0 aliphatic carbocycles. The monoisotopic (exact) mass is 465 g/mol. The standard InChI is InChI=1S/C23H32ClN3O3S/c1-19(2)18-30-22-8-10-23(11-9-22)31(28,29)25-12-3-13-26-14-16-27(17-15-26)21-6-4-20(24)5-7-21/h4-11,19,25H,3,12-18H2,1-2H3. The van der Waals surface area contributed by atoms with Crippen LogP contribution in [0.15, 0.2) is 53.4 Å². The number of piperazine rings is 1. The Kier molecular flexibility index (Phi) is 8.60. The first kappa shape index (κ1) is 23.9. The number of hydrogen-bond donors (Lipinski definition) is 1. The van der Waals surface area contributed by atoms with Crippen LogP contribution < -0.4 is 14.4 Å². The molecule has 0 radical (unpaired) electrons. The van der Waals surface area contributed by atoms with E-state index in [1.807, 2.05) is 12.1 Å². The van der Waals surface area contributed by atoms with Gasteiger partial charge in [-0.25, -0.2) is 13.1 Å². The number of nitrogens with zero attached hydrogens (tertiary/aromatic N) is 2. The Morgan fingerprint density at radius 3 is 2.26 bits per heavy atom.